The van der Waals surface area contributed by atoms with Gasteiger partial charge in [-0.05, 0) is 37.8 Å². The molecule has 1 rings (SSSR count). The molecule has 1 aromatic rings. The average molecular weight is 492 g/mol. The number of unbranched alkanes of at least 4 members (excludes halogenated alkanes) is 6. The van der Waals surface area contributed by atoms with Crippen LogP contribution in [0.5, 0.6) is 0 Å². The zero-order chi connectivity index (χ0) is 19.0. The Hall–Kier alpha value is -0.880. The summed E-state index contributed by atoms with van der Waals surface area (Å²) < 4.78 is 10.6. The minimum Gasteiger partial charge on any atom is -0.462 e. The molecule has 0 aliphatic heterocycles. The number of ether oxygens (including phenoxy) is 2. The quantitative estimate of drug-likeness (QED) is 0.184. The Morgan fingerprint density at radius 3 is 1.42 bits per heavy atom. The molecule has 4 nitrogen and oxygen atoms in total. The molecule has 0 atom stereocenters. The minimum absolute atomic E-state index is 0.275. The maximum absolute atomic E-state index is 12.3. The van der Waals surface area contributed by atoms with Crippen molar-refractivity contribution >= 4 is 43.8 Å². The Morgan fingerprint density at radius 1 is 0.654 bits per heavy atom. The van der Waals surface area contributed by atoms with Crippen LogP contribution >= 0.6 is 31.9 Å². The van der Waals surface area contributed by atoms with Crippen molar-refractivity contribution in [2.24, 2.45) is 0 Å². The Bertz CT molecular complexity index is 487. The van der Waals surface area contributed by atoms with Gasteiger partial charge in [-0.3, -0.25) is 0 Å². The van der Waals surface area contributed by atoms with E-state index in [2.05, 4.69) is 31.9 Å². The number of rotatable bonds is 14. The van der Waals surface area contributed by atoms with E-state index in [0.717, 1.165) is 62.0 Å². The van der Waals surface area contributed by atoms with Crippen LogP contribution in [0, 0.1) is 0 Å². The number of alkyl halides is 2. The zero-order valence-electron chi connectivity index (χ0n) is 15.2. The van der Waals surface area contributed by atoms with Crippen molar-refractivity contribution < 1.29 is 19.1 Å². The van der Waals surface area contributed by atoms with E-state index in [1.807, 2.05) is 0 Å². The molecule has 0 saturated carbocycles. The standard InChI is InChI=1S/C20H28Br2O4/c21-13-7-1-3-9-15-25-19(23)17-11-5-6-12-18(17)20(24)26-16-10-4-2-8-14-22/h5-6,11-12H,1-4,7-10,13-16H2. The molecule has 26 heavy (non-hydrogen) atoms. The monoisotopic (exact) mass is 490 g/mol. The molecule has 0 bridgehead atoms. The van der Waals surface area contributed by atoms with Gasteiger partial charge in [0.05, 0.1) is 24.3 Å². The number of halogens is 2. The van der Waals surface area contributed by atoms with E-state index in [1.165, 1.54) is 0 Å². The van der Waals surface area contributed by atoms with E-state index >= 15 is 0 Å². The van der Waals surface area contributed by atoms with E-state index in [9.17, 15) is 9.59 Å². The molecular formula is C20H28Br2O4. The summed E-state index contributed by atoms with van der Waals surface area (Å²) in [7, 11) is 0. The van der Waals surface area contributed by atoms with Crippen LogP contribution in [0.1, 0.15) is 72.1 Å². The summed E-state index contributed by atoms with van der Waals surface area (Å²) in [5.41, 5.74) is 0.550. The summed E-state index contributed by atoms with van der Waals surface area (Å²) in [4.78, 5) is 24.5. The van der Waals surface area contributed by atoms with Crippen molar-refractivity contribution in [2.45, 2.75) is 51.4 Å². The van der Waals surface area contributed by atoms with Crippen LogP contribution in [0.25, 0.3) is 0 Å². The highest BCUT2D eigenvalue weighted by Crippen LogP contribution is 2.13. The number of benzene rings is 1. The number of hydrogen-bond donors (Lipinski definition) is 0. The van der Waals surface area contributed by atoms with E-state index in [1.54, 1.807) is 24.3 Å². The van der Waals surface area contributed by atoms with E-state index < -0.39 is 11.9 Å². The summed E-state index contributed by atoms with van der Waals surface area (Å²) >= 11 is 6.79. The molecule has 0 fully saturated rings. The molecule has 0 amide bonds. The Labute approximate surface area is 173 Å². The summed E-state index contributed by atoms with van der Waals surface area (Å²) in [6.07, 6.45) is 8.19. The van der Waals surface area contributed by atoms with Crippen LogP contribution < -0.4 is 0 Å². The number of carbonyl (C=O) groups excluding carboxylic acids is 2. The van der Waals surface area contributed by atoms with Gasteiger partial charge in [0.15, 0.2) is 0 Å². The van der Waals surface area contributed by atoms with Crippen molar-refractivity contribution in [3.05, 3.63) is 35.4 Å². The second-order valence-electron chi connectivity index (χ2n) is 6.02. The van der Waals surface area contributed by atoms with Crippen molar-refractivity contribution in [2.75, 3.05) is 23.9 Å². The SMILES string of the molecule is O=C(OCCCCCCBr)c1ccccc1C(=O)OCCCCCCBr. The molecule has 0 saturated heterocycles. The summed E-state index contributed by atoms with van der Waals surface area (Å²) in [6.45, 7) is 0.746. The minimum atomic E-state index is -0.463. The van der Waals surface area contributed by atoms with Gasteiger partial charge in [0.1, 0.15) is 0 Å². The van der Waals surface area contributed by atoms with Crippen LogP contribution in [0.2, 0.25) is 0 Å². The van der Waals surface area contributed by atoms with E-state index in [0.29, 0.717) is 13.2 Å². The van der Waals surface area contributed by atoms with Gasteiger partial charge in [0.2, 0.25) is 0 Å². The molecule has 0 unspecified atom stereocenters. The molecule has 0 spiro atoms. The summed E-state index contributed by atoms with van der Waals surface area (Å²) in [6, 6.07) is 6.67. The summed E-state index contributed by atoms with van der Waals surface area (Å²) in [5.74, 6) is -0.925. The first-order valence-corrected chi connectivity index (χ1v) is 11.5. The number of esters is 2. The third kappa shape index (κ3) is 9.72. The van der Waals surface area contributed by atoms with Crippen LogP contribution in [0.4, 0.5) is 0 Å². The van der Waals surface area contributed by atoms with Crippen LogP contribution in [0.15, 0.2) is 24.3 Å². The predicted molar refractivity (Wildman–Crippen MR) is 112 cm³/mol. The maximum atomic E-state index is 12.3. The third-order valence-corrected chi connectivity index (χ3v) is 5.01. The molecule has 1 aromatic carbocycles. The molecule has 0 heterocycles. The Morgan fingerprint density at radius 2 is 1.04 bits per heavy atom. The highest BCUT2D eigenvalue weighted by molar-refractivity contribution is 9.09. The van der Waals surface area contributed by atoms with Gasteiger partial charge in [0.25, 0.3) is 0 Å². The first kappa shape index (κ1) is 23.2. The van der Waals surface area contributed by atoms with Crippen LogP contribution in [-0.2, 0) is 9.47 Å². The average Bonchev–Trinajstić information content (AvgIpc) is 2.67. The lowest BCUT2D eigenvalue weighted by atomic mass is 10.1. The highest BCUT2D eigenvalue weighted by atomic mass is 79.9. The van der Waals surface area contributed by atoms with Crippen LogP contribution in [-0.4, -0.2) is 35.8 Å². The van der Waals surface area contributed by atoms with Crippen molar-refractivity contribution in [1.29, 1.82) is 0 Å². The van der Waals surface area contributed by atoms with Crippen molar-refractivity contribution in [3.63, 3.8) is 0 Å². The van der Waals surface area contributed by atoms with Gasteiger partial charge in [-0.15, -0.1) is 0 Å². The van der Waals surface area contributed by atoms with Gasteiger partial charge in [0, 0.05) is 10.7 Å². The van der Waals surface area contributed by atoms with Gasteiger partial charge >= 0.3 is 11.9 Å². The third-order valence-electron chi connectivity index (χ3n) is 3.89. The fourth-order valence-corrected chi connectivity index (χ4v) is 3.22. The van der Waals surface area contributed by atoms with Gasteiger partial charge in [-0.25, -0.2) is 9.59 Å². The Balaban J connectivity index is 2.42. The van der Waals surface area contributed by atoms with Gasteiger partial charge in [-0.2, -0.15) is 0 Å². The van der Waals surface area contributed by atoms with Gasteiger partial charge < -0.3 is 9.47 Å². The van der Waals surface area contributed by atoms with Gasteiger partial charge in [-0.1, -0.05) is 69.7 Å². The fourth-order valence-electron chi connectivity index (χ4n) is 2.42. The summed E-state index contributed by atoms with van der Waals surface area (Å²) in [5, 5.41) is 2.00. The Kier molecular flexibility index (Phi) is 13.5. The number of hydrogen-bond acceptors (Lipinski definition) is 4. The zero-order valence-corrected chi connectivity index (χ0v) is 18.4. The molecular weight excluding hydrogens is 464 g/mol. The first-order valence-electron chi connectivity index (χ1n) is 9.26. The molecule has 0 aromatic heterocycles. The normalized spacial score (nSPS) is 10.5. The molecule has 6 heteroatoms. The lowest BCUT2D eigenvalue weighted by molar-refractivity contribution is 0.0450. The second kappa shape index (κ2) is 15.2. The van der Waals surface area contributed by atoms with Crippen LogP contribution in [0.3, 0.4) is 0 Å². The largest absolute Gasteiger partial charge is 0.462 e. The second-order valence-corrected chi connectivity index (χ2v) is 7.61. The molecule has 0 N–H and O–H groups in total. The molecule has 0 radical (unpaired) electrons. The molecule has 0 aliphatic rings. The lowest BCUT2D eigenvalue weighted by Crippen LogP contribution is -2.15. The highest BCUT2D eigenvalue weighted by Gasteiger charge is 2.18. The smallest absolute Gasteiger partial charge is 0.339 e. The van der Waals surface area contributed by atoms with E-state index in [-0.39, 0.29) is 11.1 Å². The molecule has 0 aliphatic carbocycles. The first-order chi connectivity index (χ1) is 12.7. The topological polar surface area (TPSA) is 52.6 Å². The van der Waals surface area contributed by atoms with E-state index in [4.69, 9.17) is 9.47 Å². The number of carbonyl (C=O) groups is 2. The maximum Gasteiger partial charge on any atom is 0.339 e. The fraction of sp³-hybridized carbons (Fsp3) is 0.600. The lowest BCUT2D eigenvalue weighted by Gasteiger charge is -2.10. The van der Waals surface area contributed by atoms with Crippen molar-refractivity contribution in [3.8, 4) is 0 Å². The van der Waals surface area contributed by atoms with Crippen molar-refractivity contribution in [1.82, 2.24) is 0 Å². The molecule has 146 valence electrons. The predicted octanol–water partition coefficient (Wildman–Crippen LogP) is 5.91.